The number of piperidine rings is 1. The molecule has 132 valence electrons. The number of hydrogen-bond donors (Lipinski definition) is 3. The molecule has 1 heterocycles. The van der Waals surface area contributed by atoms with Crippen molar-refractivity contribution in [1.82, 2.24) is 10.4 Å². The first kappa shape index (κ1) is 22.1. The van der Waals surface area contributed by atoms with Crippen LogP contribution in [-0.4, -0.2) is 42.9 Å². The van der Waals surface area contributed by atoms with E-state index in [0.717, 1.165) is 12.8 Å². The van der Waals surface area contributed by atoms with E-state index in [0.29, 0.717) is 47.6 Å². The predicted octanol–water partition coefficient (Wildman–Crippen LogP) is 2.61. The molecule has 0 radical (unpaired) electrons. The van der Waals surface area contributed by atoms with Crippen LogP contribution in [0.15, 0.2) is 12.1 Å². The summed E-state index contributed by atoms with van der Waals surface area (Å²) in [5.41, 5.74) is 6.44. The third-order valence-corrected chi connectivity index (χ3v) is 4.03. The Hall–Kier alpha value is -0.920. The number of nitrogens with two attached hydrogens (primary N) is 1. The summed E-state index contributed by atoms with van der Waals surface area (Å²) < 4.78 is 5.17. The van der Waals surface area contributed by atoms with Crippen LogP contribution in [0.25, 0.3) is 0 Å². The molecule has 6 nitrogen and oxygen atoms in total. The average molecular weight is 387 g/mol. The Bertz CT molecular complexity index is 523. The largest absolute Gasteiger partial charge is 0.496 e. The highest BCUT2D eigenvalue weighted by Gasteiger charge is 2.20. The van der Waals surface area contributed by atoms with E-state index in [9.17, 15) is 10.0 Å². The van der Waals surface area contributed by atoms with E-state index in [4.69, 9.17) is 22.1 Å². The number of hydroxylamine groups is 2. The third kappa shape index (κ3) is 5.90. The van der Waals surface area contributed by atoms with Crippen LogP contribution in [0.4, 0.5) is 5.69 Å². The molecule has 1 aliphatic rings. The minimum atomic E-state index is -0.236. The van der Waals surface area contributed by atoms with E-state index in [1.165, 1.54) is 18.2 Å². The Balaban J connectivity index is 0.00000242. The number of methoxy groups -OCH3 is 1. The standard InChI is InChI=1S/C14H20ClN3O3.2ClH/c1-21-13-7-12(16)11(15)6-10(13)14(19)17-8-9-2-4-18(20)5-3-9;;/h6-7,9,20H,2-5,8,16H2,1H3,(H,17,19);2*1H. The number of ether oxygens (including phenoxy) is 1. The summed E-state index contributed by atoms with van der Waals surface area (Å²) in [5, 5.41) is 13.8. The molecule has 1 aromatic carbocycles. The Morgan fingerprint density at radius 1 is 1.43 bits per heavy atom. The van der Waals surface area contributed by atoms with Crippen LogP contribution in [-0.2, 0) is 0 Å². The van der Waals surface area contributed by atoms with E-state index >= 15 is 0 Å². The SMILES string of the molecule is COc1cc(N)c(Cl)cc1C(=O)NCC1CCN(O)CC1.Cl.Cl. The minimum Gasteiger partial charge on any atom is -0.496 e. The molecule has 0 aromatic heterocycles. The number of carbonyl (C=O) groups excluding carboxylic acids is 1. The number of carbonyl (C=O) groups is 1. The zero-order valence-electron chi connectivity index (χ0n) is 12.8. The molecule has 1 fully saturated rings. The van der Waals surface area contributed by atoms with E-state index in [1.54, 1.807) is 6.07 Å². The predicted molar refractivity (Wildman–Crippen MR) is 95.3 cm³/mol. The highest BCUT2D eigenvalue weighted by Crippen LogP contribution is 2.28. The molecule has 1 saturated heterocycles. The van der Waals surface area contributed by atoms with Crippen molar-refractivity contribution in [1.29, 1.82) is 0 Å². The first-order valence-corrected chi connectivity index (χ1v) is 7.24. The van der Waals surface area contributed by atoms with Gasteiger partial charge >= 0.3 is 0 Å². The van der Waals surface area contributed by atoms with Gasteiger partial charge in [0.2, 0.25) is 0 Å². The summed E-state index contributed by atoms with van der Waals surface area (Å²) in [6.45, 7) is 1.84. The second-order valence-electron chi connectivity index (χ2n) is 5.18. The summed E-state index contributed by atoms with van der Waals surface area (Å²) in [4.78, 5) is 12.2. The number of amides is 1. The van der Waals surface area contributed by atoms with E-state index < -0.39 is 0 Å². The summed E-state index contributed by atoms with van der Waals surface area (Å²) in [6.07, 6.45) is 1.72. The summed E-state index contributed by atoms with van der Waals surface area (Å²) in [5.74, 6) is 0.535. The molecular weight excluding hydrogens is 365 g/mol. The lowest BCUT2D eigenvalue weighted by molar-refractivity contribution is -0.111. The molecule has 9 heteroatoms. The van der Waals surface area contributed by atoms with Crippen molar-refractivity contribution in [3.63, 3.8) is 0 Å². The Morgan fingerprint density at radius 3 is 2.61 bits per heavy atom. The fourth-order valence-electron chi connectivity index (χ4n) is 2.37. The zero-order valence-corrected chi connectivity index (χ0v) is 15.1. The topological polar surface area (TPSA) is 87.8 Å². The van der Waals surface area contributed by atoms with Crippen LogP contribution < -0.4 is 15.8 Å². The lowest BCUT2D eigenvalue weighted by atomic mass is 9.98. The number of halogens is 3. The summed E-state index contributed by atoms with van der Waals surface area (Å²) in [6, 6.07) is 3.06. The normalized spacial score (nSPS) is 15.3. The fraction of sp³-hybridized carbons (Fsp3) is 0.500. The summed E-state index contributed by atoms with van der Waals surface area (Å²) in [7, 11) is 1.48. The van der Waals surface area contributed by atoms with Gasteiger partial charge in [-0.3, -0.25) is 4.79 Å². The van der Waals surface area contributed by atoms with Crippen molar-refractivity contribution in [2.75, 3.05) is 32.5 Å². The second kappa shape index (κ2) is 10.1. The molecular formula is C14H22Cl3N3O3. The summed E-state index contributed by atoms with van der Waals surface area (Å²) >= 11 is 5.96. The lowest BCUT2D eigenvalue weighted by Crippen LogP contribution is -2.37. The lowest BCUT2D eigenvalue weighted by Gasteiger charge is -2.27. The average Bonchev–Trinajstić information content (AvgIpc) is 2.48. The zero-order chi connectivity index (χ0) is 15.4. The molecule has 0 unspecified atom stereocenters. The molecule has 0 aliphatic carbocycles. The van der Waals surface area contributed by atoms with Gasteiger partial charge in [0, 0.05) is 25.7 Å². The number of nitrogens with one attached hydrogen (secondary N) is 1. The number of anilines is 1. The number of benzene rings is 1. The van der Waals surface area contributed by atoms with Crippen LogP contribution in [0.2, 0.25) is 5.02 Å². The van der Waals surface area contributed by atoms with Crippen molar-refractivity contribution in [3.8, 4) is 5.75 Å². The van der Waals surface area contributed by atoms with Gasteiger partial charge in [-0.1, -0.05) is 11.6 Å². The monoisotopic (exact) mass is 385 g/mol. The van der Waals surface area contributed by atoms with E-state index in [2.05, 4.69) is 5.32 Å². The minimum absolute atomic E-state index is 0. The molecule has 1 aliphatic heterocycles. The van der Waals surface area contributed by atoms with Gasteiger partial charge in [0.1, 0.15) is 5.75 Å². The van der Waals surface area contributed by atoms with Gasteiger partial charge in [0.25, 0.3) is 5.91 Å². The maximum Gasteiger partial charge on any atom is 0.255 e. The van der Waals surface area contributed by atoms with Gasteiger partial charge in [0.05, 0.1) is 23.4 Å². The second-order valence-corrected chi connectivity index (χ2v) is 5.59. The highest BCUT2D eigenvalue weighted by atomic mass is 35.5. The number of nitrogen functional groups attached to an aromatic ring is 1. The van der Waals surface area contributed by atoms with Crippen LogP contribution in [0.1, 0.15) is 23.2 Å². The maximum absolute atomic E-state index is 12.2. The van der Waals surface area contributed by atoms with Gasteiger partial charge in [-0.2, -0.15) is 5.06 Å². The quantitative estimate of drug-likeness (QED) is 0.692. The molecule has 2 rings (SSSR count). The van der Waals surface area contributed by atoms with Crippen LogP contribution >= 0.6 is 36.4 Å². The number of hydrogen-bond acceptors (Lipinski definition) is 5. The molecule has 1 aromatic rings. The van der Waals surface area contributed by atoms with Crippen molar-refractivity contribution in [2.45, 2.75) is 12.8 Å². The van der Waals surface area contributed by atoms with Crippen LogP contribution in [0.3, 0.4) is 0 Å². The van der Waals surface area contributed by atoms with Crippen molar-refractivity contribution in [3.05, 3.63) is 22.7 Å². The van der Waals surface area contributed by atoms with Crippen LogP contribution in [0, 0.1) is 5.92 Å². The van der Waals surface area contributed by atoms with E-state index in [1.807, 2.05) is 0 Å². The number of nitrogens with zero attached hydrogens (tertiary/aromatic N) is 1. The Labute approximate surface area is 153 Å². The molecule has 23 heavy (non-hydrogen) atoms. The van der Waals surface area contributed by atoms with Gasteiger partial charge in [0.15, 0.2) is 0 Å². The molecule has 4 N–H and O–H groups in total. The van der Waals surface area contributed by atoms with E-state index in [-0.39, 0.29) is 30.7 Å². The van der Waals surface area contributed by atoms with Crippen molar-refractivity contribution in [2.24, 2.45) is 5.92 Å². The first-order chi connectivity index (χ1) is 10.0. The van der Waals surface area contributed by atoms with Gasteiger partial charge < -0.3 is 21.0 Å². The fourth-order valence-corrected chi connectivity index (χ4v) is 2.53. The van der Waals surface area contributed by atoms with Gasteiger partial charge in [-0.25, -0.2) is 0 Å². The molecule has 0 bridgehead atoms. The molecule has 1 amide bonds. The van der Waals surface area contributed by atoms with Crippen molar-refractivity contribution >= 4 is 48.0 Å². The third-order valence-electron chi connectivity index (χ3n) is 3.71. The Kier molecular flexibility index (Phi) is 9.65. The number of rotatable bonds is 4. The van der Waals surface area contributed by atoms with Crippen molar-refractivity contribution < 1.29 is 14.7 Å². The van der Waals surface area contributed by atoms with Gasteiger partial charge in [-0.05, 0) is 24.8 Å². The highest BCUT2D eigenvalue weighted by molar-refractivity contribution is 6.33. The Morgan fingerprint density at radius 2 is 2.04 bits per heavy atom. The van der Waals surface area contributed by atoms with Crippen LogP contribution in [0.5, 0.6) is 5.75 Å². The molecule has 0 spiro atoms. The first-order valence-electron chi connectivity index (χ1n) is 6.86. The molecule has 0 atom stereocenters. The molecule has 0 saturated carbocycles. The van der Waals surface area contributed by atoms with Gasteiger partial charge in [-0.15, -0.1) is 24.8 Å². The smallest absolute Gasteiger partial charge is 0.255 e. The maximum atomic E-state index is 12.2.